The Kier molecular flexibility index (Phi) is 4.63. The highest BCUT2D eigenvalue weighted by atomic mass is 35.5. The zero-order valence-corrected chi connectivity index (χ0v) is 17.3. The van der Waals surface area contributed by atoms with Crippen LogP contribution in [0.1, 0.15) is 21.5 Å². The molecule has 2 aromatic carbocycles. The highest BCUT2D eigenvalue weighted by Gasteiger charge is 2.37. The fourth-order valence-electron chi connectivity index (χ4n) is 3.64. The lowest BCUT2D eigenvalue weighted by Gasteiger charge is -2.22. The molecule has 9 heteroatoms. The molecule has 0 spiro atoms. The fraction of sp³-hybridized carbons (Fsp3) is 0.200. The molecule has 0 bridgehead atoms. The van der Waals surface area contributed by atoms with Gasteiger partial charge in [-0.3, -0.25) is 14.1 Å². The van der Waals surface area contributed by atoms with Crippen LogP contribution in [0.2, 0.25) is 5.02 Å². The number of pyridine rings is 1. The van der Waals surface area contributed by atoms with Crippen molar-refractivity contribution in [1.29, 1.82) is 0 Å². The molecule has 1 amide bonds. The van der Waals surface area contributed by atoms with E-state index >= 15 is 0 Å². The standard InChI is InChI=1S/C20H18ClN3O4S/c1-23(29(2,27)28)18-14-7-4-8-22-17(14)19(25)16-15(18)11-24(20(16)26)10-12-5-3-6-13(21)9-12/h3-9,25H,10-11H2,1-2H3. The van der Waals surface area contributed by atoms with E-state index < -0.39 is 10.0 Å². The first kappa shape index (κ1) is 19.5. The summed E-state index contributed by atoms with van der Waals surface area (Å²) in [5.41, 5.74) is 1.92. The summed E-state index contributed by atoms with van der Waals surface area (Å²) in [5.74, 6) is -0.618. The number of fused-ring (bicyclic) bond motifs is 2. The third-order valence-corrected chi connectivity index (χ3v) is 6.45. The number of carbonyl (C=O) groups excluding carboxylic acids is 1. The van der Waals surface area contributed by atoms with Crippen LogP contribution in [0.5, 0.6) is 5.75 Å². The van der Waals surface area contributed by atoms with Crippen molar-refractivity contribution in [3.05, 3.63) is 64.3 Å². The minimum atomic E-state index is -3.60. The fourth-order valence-corrected chi connectivity index (χ4v) is 4.39. The number of amides is 1. The molecule has 0 aliphatic carbocycles. The summed E-state index contributed by atoms with van der Waals surface area (Å²) in [4.78, 5) is 18.8. The Bertz CT molecular complexity index is 1260. The van der Waals surface area contributed by atoms with Gasteiger partial charge in [0, 0.05) is 42.3 Å². The zero-order chi connectivity index (χ0) is 20.9. The van der Waals surface area contributed by atoms with Gasteiger partial charge in [-0.2, -0.15) is 0 Å². The first-order valence-electron chi connectivity index (χ1n) is 8.78. The number of phenolic OH excluding ortho intramolecular Hbond substituents is 1. The first-order chi connectivity index (χ1) is 13.7. The molecule has 150 valence electrons. The maximum atomic E-state index is 13.1. The Labute approximate surface area is 173 Å². The molecule has 1 aliphatic heterocycles. The largest absolute Gasteiger partial charge is 0.505 e. The lowest BCUT2D eigenvalue weighted by molar-refractivity contribution is 0.0764. The van der Waals surface area contributed by atoms with Crippen molar-refractivity contribution >= 4 is 44.1 Å². The Morgan fingerprint density at radius 1 is 1.28 bits per heavy atom. The van der Waals surface area contributed by atoms with Gasteiger partial charge in [-0.05, 0) is 29.8 Å². The molecule has 1 aromatic heterocycles. The molecule has 0 saturated carbocycles. The summed E-state index contributed by atoms with van der Waals surface area (Å²) in [5, 5.41) is 11.8. The molecule has 1 N–H and O–H groups in total. The van der Waals surface area contributed by atoms with Crippen LogP contribution in [-0.4, -0.2) is 42.6 Å². The molecular formula is C20H18ClN3O4S. The predicted octanol–water partition coefficient (Wildman–Crippen LogP) is 3.15. The number of carbonyl (C=O) groups is 1. The molecule has 0 unspecified atom stereocenters. The highest BCUT2D eigenvalue weighted by molar-refractivity contribution is 7.92. The van der Waals surface area contributed by atoms with E-state index in [1.54, 1.807) is 35.2 Å². The average Bonchev–Trinajstić information content (AvgIpc) is 2.97. The van der Waals surface area contributed by atoms with Gasteiger partial charge in [0.1, 0.15) is 5.52 Å². The van der Waals surface area contributed by atoms with E-state index in [1.165, 1.54) is 13.2 Å². The summed E-state index contributed by atoms with van der Waals surface area (Å²) in [6, 6.07) is 10.5. The van der Waals surface area contributed by atoms with Crippen LogP contribution >= 0.6 is 11.6 Å². The Balaban J connectivity index is 1.90. The van der Waals surface area contributed by atoms with E-state index in [0.717, 1.165) is 16.1 Å². The van der Waals surface area contributed by atoms with Crippen LogP contribution in [0.4, 0.5) is 5.69 Å². The summed E-state index contributed by atoms with van der Waals surface area (Å²) >= 11 is 6.04. The van der Waals surface area contributed by atoms with Crippen LogP contribution < -0.4 is 4.31 Å². The molecule has 0 saturated heterocycles. The first-order valence-corrected chi connectivity index (χ1v) is 11.0. The number of sulfonamides is 1. The third-order valence-electron chi connectivity index (χ3n) is 5.04. The van der Waals surface area contributed by atoms with E-state index in [9.17, 15) is 18.3 Å². The topological polar surface area (TPSA) is 90.8 Å². The summed E-state index contributed by atoms with van der Waals surface area (Å²) in [7, 11) is -2.18. The minimum Gasteiger partial charge on any atom is -0.505 e. The van der Waals surface area contributed by atoms with Crippen molar-refractivity contribution < 1.29 is 18.3 Å². The summed E-state index contributed by atoms with van der Waals surface area (Å²) in [6.07, 6.45) is 2.58. The van der Waals surface area contributed by atoms with Gasteiger partial charge in [0.25, 0.3) is 5.91 Å². The van der Waals surface area contributed by atoms with Gasteiger partial charge in [-0.25, -0.2) is 8.42 Å². The molecular weight excluding hydrogens is 414 g/mol. The van der Waals surface area contributed by atoms with Crippen LogP contribution in [0.25, 0.3) is 10.9 Å². The van der Waals surface area contributed by atoms with Crippen LogP contribution in [-0.2, 0) is 23.1 Å². The Hall–Kier alpha value is -2.84. The summed E-state index contributed by atoms with van der Waals surface area (Å²) in [6.45, 7) is 0.438. The SMILES string of the molecule is CN(c1c2c(c(O)c3ncccc13)C(=O)N(Cc1cccc(Cl)c1)C2)S(C)(=O)=O. The lowest BCUT2D eigenvalue weighted by Crippen LogP contribution is -2.26. The van der Waals surface area contributed by atoms with E-state index in [-0.39, 0.29) is 35.8 Å². The molecule has 4 rings (SSSR count). The van der Waals surface area contributed by atoms with Gasteiger partial charge >= 0.3 is 0 Å². The molecule has 2 heterocycles. The molecule has 0 radical (unpaired) electrons. The molecule has 0 fully saturated rings. The number of nitrogens with zero attached hydrogens (tertiary/aromatic N) is 3. The Morgan fingerprint density at radius 2 is 2.03 bits per heavy atom. The number of hydrogen-bond acceptors (Lipinski definition) is 5. The average molecular weight is 432 g/mol. The van der Waals surface area contributed by atoms with Gasteiger partial charge in [0.2, 0.25) is 10.0 Å². The second kappa shape index (κ2) is 6.89. The van der Waals surface area contributed by atoms with E-state index in [4.69, 9.17) is 11.6 Å². The van der Waals surface area contributed by atoms with Gasteiger partial charge in [0.15, 0.2) is 5.75 Å². The quantitative estimate of drug-likeness (QED) is 0.685. The second-order valence-electron chi connectivity index (χ2n) is 6.97. The third kappa shape index (κ3) is 3.28. The highest BCUT2D eigenvalue weighted by Crippen LogP contribution is 2.44. The van der Waals surface area contributed by atoms with Crippen molar-refractivity contribution in [3.8, 4) is 5.75 Å². The molecule has 1 aliphatic rings. The predicted molar refractivity (Wildman–Crippen MR) is 112 cm³/mol. The normalized spacial score (nSPS) is 13.8. The van der Waals surface area contributed by atoms with Crippen molar-refractivity contribution in [3.63, 3.8) is 0 Å². The van der Waals surface area contributed by atoms with Gasteiger partial charge < -0.3 is 10.0 Å². The zero-order valence-electron chi connectivity index (χ0n) is 15.8. The van der Waals surface area contributed by atoms with Crippen molar-refractivity contribution in [1.82, 2.24) is 9.88 Å². The van der Waals surface area contributed by atoms with Gasteiger partial charge in [0.05, 0.1) is 17.5 Å². The number of aromatic hydroxyl groups is 1. The minimum absolute atomic E-state index is 0.0868. The smallest absolute Gasteiger partial charge is 0.258 e. The second-order valence-corrected chi connectivity index (χ2v) is 9.42. The Morgan fingerprint density at radius 3 is 2.72 bits per heavy atom. The molecule has 29 heavy (non-hydrogen) atoms. The lowest BCUT2D eigenvalue weighted by atomic mass is 10.0. The number of anilines is 1. The van der Waals surface area contributed by atoms with E-state index in [1.807, 2.05) is 6.07 Å². The van der Waals surface area contributed by atoms with Crippen molar-refractivity contribution in [2.45, 2.75) is 13.1 Å². The van der Waals surface area contributed by atoms with Crippen LogP contribution in [0.3, 0.4) is 0 Å². The number of halogens is 1. The maximum Gasteiger partial charge on any atom is 0.258 e. The molecule has 0 atom stereocenters. The number of hydrogen-bond donors (Lipinski definition) is 1. The van der Waals surface area contributed by atoms with Gasteiger partial charge in [-0.1, -0.05) is 23.7 Å². The summed E-state index contributed by atoms with van der Waals surface area (Å²) < 4.78 is 25.7. The number of phenols is 1. The van der Waals surface area contributed by atoms with Crippen molar-refractivity contribution in [2.75, 3.05) is 17.6 Å². The van der Waals surface area contributed by atoms with Crippen LogP contribution in [0, 0.1) is 0 Å². The molecule has 7 nitrogen and oxygen atoms in total. The van der Waals surface area contributed by atoms with E-state index in [0.29, 0.717) is 21.7 Å². The number of aromatic nitrogens is 1. The van der Waals surface area contributed by atoms with Crippen molar-refractivity contribution in [2.24, 2.45) is 0 Å². The number of rotatable bonds is 4. The van der Waals surface area contributed by atoms with Gasteiger partial charge in [-0.15, -0.1) is 0 Å². The number of benzene rings is 2. The van der Waals surface area contributed by atoms with E-state index in [2.05, 4.69) is 4.98 Å². The monoisotopic (exact) mass is 431 g/mol. The molecule has 3 aromatic rings. The maximum absolute atomic E-state index is 13.1. The van der Waals surface area contributed by atoms with Crippen LogP contribution in [0.15, 0.2) is 42.6 Å².